The van der Waals surface area contributed by atoms with Gasteiger partial charge in [-0.1, -0.05) is 12.1 Å². The third kappa shape index (κ3) is 3.75. The highest BCUT2D eigenvalue weighted by molar-refractivity contribution is 5.95. The molecule has 0 radical (unpaired) electrons. The molecule has 0 bridgehead atoms. The molecule has 4 rings (SSSR count). The number of fused-ring (bicyclic) bond motifs is 1. The number of carbonyl (C=O) groups is 1. The van der Waals surface area contributed by atoms with Crippen LogP contribution in [-0.2, 0) is 4.74 Å². The van der Waals surface area contributed by atoms with E-state index in [0.29, 0.717) is 41.1 Å². The number of carbonyl (C=O) groups excluding carboxylic acids is 1. The Morgan fingerprint density at radius 3 is 2.55 bits per heavy atom. The first-order chi connectivity index (χ1) is 13.9. The number of aromatic nitrogens is 2. The van der Waals surface area contributed by atoms with Crippen molar-refractivity contribution >= 4 is 16.8 Å². The molecule has 1 aromatic heterocycles. The number of likely N-dealkylation sites (tertiary alicyclic amines) is 1. The molecular formula is C21H19F2N3O3. The maximum absolute atomic E-state index is 12.9. The first-order valence-corrected chi connectivity index (χ1v) is 9.22. The zero-order valence-corrected chi connectivity index (χ0v) is 15.7. The van der Waals surface area contributed by atoms with E-state index < -0.39 is 13.0 Å². The lowest BCUT2D eigenvalue weighted by Gasteiger charge is -2.38. The summed E-state index contributed by atoms with van der Waals surface area (Å²) in [6.45, 7) is 1.72. The lowest BCUT2D eigenvalue weighted by Crippen LogP contribution is -2.55. The fourth-order valence-electron chi connectivity index (χ4n) is 3.40. The van der Waals surface area contributed by atoms with Gasteiger partial charge in [0, 0.05) is 18.7 Å². The van der Waals surface area contributed by atoms with Crippen molar-refractivity contribution in [1.29, 1.82) is 0 Å². The van der Waals surface area contributed by atoms with Crippen LogP contribution in [0, 0.1) is 6.92 Å². The van der Waals surface area contributed by atoms with Crippen molar-refractivity contribution in [3.8, 4) is 5.69 Å². The molecule has 1 fully saturated rings. The molecule has 0 N–H and O–H groups in total. The van der Waals surface area contributed by atoms with Gasteiger partial charge in [-0.3, -0.25) is 14.2 Å². The van der Waals surface area contributed by atoms with Gasteiger partial charge in [0.15, 0.2) is 0 Å². The van der Waals surface area contributed by atoms with Gasteiger partial charge in [0.2, 0.25) is 0 Å². The molecule has 1 saturated heterocycles. The van der Waals surface area contributed by atoms with Gasteiger partial charge >= 0.3 is 0 Å². The van der Waals surface area contributed by atoms with Crippen LogP contribution in [0.15, 0.2) is 53.3 Å². The van der Waals surface area contributed by atoms with Crippen molar-refractivity contribution in [3.63, 3.8) is 0 Å². The number of benzene rings is 2. The Labute approximate surface area is 165 Å². The molecule has 3 aromatic rings. The summed E-state index contributed by atoms with van der Waals surface area (Å²) in [7, 11) is 0. The van der Waals surface area contributed by atoms with Crippen LogP contribution in [0.3, 0.4) is 0 Å². The Balaban J connectivity index is 1.51. The van der Waals surface area contributed by atoms with Crippen molar-refractivity contribution in [2.45, 2.75) is 19.5 Å². The number of para-hydroxylation sites is 1. The molecule has 0 unspecified atom stereocenters. The number of alkyl halides is 2. The average molecular weight is 399 g/mol. The maximum Gasteiger partial charge on any atom is 0.265 e. The number of rotatable bonds is 5. The topological polar surface area (TPSA) is 64.4 Å². The quantitative estimate of drug-likeness (QED) is 0.662. The fourth-order valence-corrected chi connectivity index (χ4v) is 3.40. The molecule has 0 aliphatic carbocycles. The molecule has 1 aliphatic heterocycles. The maximum atomic E-state index is 12.9. The van der Waals surface area contributed by atoms with Gasteiger partial charge in [-0.05, 0) is 43.3 Å². The zero-order chi connectivity index (χ0) is 20.5. The van der Waals surface area contributed by atoms with Crippen LogP contribution in [0.1, 0.15) is 16.2 Å². The molecule has 150 valence electrons. The highest BCUT2D eigenvalue weighted by atomic mass is 19.3. The molecule has 29 heavy (non-hydrogen) atoms. The molecule has 0 spiro atoms. The Kier molecular flexibility index (Phi) is 5.10. The van der Waals surface area contributed by atoms with Gasteiger partial charge in [0.1, 0.15) is 12.4 Å². The van der Waals surface area contributed by atoms with E-state index in [2.05, 4.69) is 4.98 Å². The molecule has 2 aromatic carbocycles. The molecule has 1 aliphatic rings. The number of aryl methyl sites for hydroxylation is 1. The van der Waals surface area contributed by atoms with E-state index in [0.717, 1.165) is 0 Å². The zero-order valence-electron chi connectivity index (χ0n) is 15.7. The van der Waals surface area contributed by atoms with Crippen molar-refractivity contribution in [1.82, 2.24) is 14.5 Å². The number of hydrogen-bond donors (Lipinski definition) is 0. The predicted octanol–water partition coefficient (Wildman–Crippen LogP) is 2.80. The molecule has 6 nitrogen and oxygen atoms in total. The minimum atomic E-state index is -2.51. The second kappa shape index (κ2) is 7.71. The number of hydrogen-bond acceptors (Lipinski definition) is 4. The summed E-state index contributed by atoms with van der Waals surface area (Å²) in [5.74, 6) is 0.351. The van der Waals surface area contributed by atoms with Crippen LogP contribution in [0.25, 0.3) is 16.6 Å². The van der Waals surface area contributed by atoms with E-state index in [1.807, 2.05) is 6.07 Å². The SMILES string of the molecule is Cc1nc2ccccc2c(=O)n1-c1ccc(C(=O)N2CC(OCC(F)F)C2)cc1. The summed E-state index contributed by atoms with van der Waals surface area (Å²) >= 11 is 0. The second-order valence-electron chi connectivity index (χ2n) is 6.92. The second-order valence-corrected chi connectivity index (χ2v) is 6.92. The molecule has 1 amide bonds. The van der Waals surface area contributed by atoms with Gasteiger partial charge in [0.25, 0.3) is 17.9 Å². The third-order valence-corrected chi connectivity index (χ3v) is 4.91. The van der Waals surface area contributed by atoms with Crippen LogP contribution < -0.4 is 5.56 Å². The van der Waals surface area contributed by atoms with Crippen LogP contribution >= 0.6 is 0 Å². The van der Waals surface area contributed by atoms with Crippen molar-refractivity contribution in [2.75, 3.05) is 19.7 Å². The van der Waals surface area contributed by atoms with Crippen molar-refractivity contribution < 1.29 is 18.3 Å². The lowest BCUT2D eigenvalue weighted by molar-refractivity contribution is -0.0775. The molecule has 2 heterocycles. The van der Waals surface area contributed by atoms with Gasteiger partial charge in [-0.25, -0.2) is 13.8 Å². The number of nitrogens with zero attached hydrogens (tertiary/aromatic N) is 3. The van der Waals surface area contributed by atoms with Gasteiger partial charge in [-0.2, -0.15) is 0 Å². The van der Waals surface area contributed by atoms with Gasteiger partial charge < -0.3 is 9.64 Å². The number of ether oxygens (including phenoxy) is 1. The number of halogens is 2. The van der Waals surface area contributed by atoms with Crippen LogP contribution in [0.2, 0.25) is 0 Å². The summed E-state index contributed by atoms with van der Waals surface area (Å²) in [5.41, 5.74) is 1.54. The average Bonchev–Trinajstić information content (AvgIpc) is 2.67. The Hall–Kier alpha value is -3.13. The monoisotopic (exact) mass is 399 g/mol. The van der Waals surface area contributed by atoms with Crippen LogP contribution in [-0.4, -0.2) is 52.6 Å². The Morgan fingerprint density at radius 1 is 1.17 bits per heavy atom. The van der Waals surface area contributed by atoms with Crippen LogP contribution in [0.4, 0.5) is 8.78 Å². The van der Waals surface area contributed by atoms with Gasteiger partial charge in [0.05, 0.1) is 22.7 Å². The Bertz CT molecular complexity index is 1110. The first-order valence-electron chi connectivity index (χ1n) is 9.22. The highest BCUT2D eigenvalue weighted by Gasteiger charge is 2.32. The summed E-state index contributed by atoms with van der Waals surface area (Å²) in [6.07, 6.45) is -2.86. The smallest absolute Gasteiger partial charge is 0.265 e. The fraction of sp³-hybridized carbons (Fsp3) is 0.286. The predicted molar refractivity (Wildman–Crippen MR) is 104 cm³/mol. The lowest BCUT2D eigenvalue weighted by atomic mass is 10.1. The minimum absolute atomic E-state index is 0.172. The summed E-state index contributed by atoms with van der Waals surface area (Å²) in [6, 6.07) is 13.8. The highest BCUT2D eigenvalue weighted by Crippen LogP contribution is 2.18. The van der Waals surface area contributed by atoms with E-state index in [1.165, 1.54) is 4.57 Å². The normalized spacial score (nSPS) is 14.4. The van der Waals surface area contributed by atoms with E-state index in [-0.39, 0.29) is 17.6 Å². The van der Waals surface area contributed by atoms with E-state index in [4.69, 9.17) is 4.74 Å². The van der Waals surface area contributed by atoms with Crippen molar-refractivity contribution in [3.05, 3.63) is 70.3 Å². The number of amides is 1. The summed E-state index contributed by atoms with van der Waals surface area (Å²) < 4.78 is 30.8. The first kappa shape index (κ1) is 19.2. The molecular weight excluding hydrogens is 380 g/mol. The van der Waals surface area contributed by atoms with E-state index in [1.54, 1.807) is 54.3 Å². The Morgan fingerprint density at radius 2 is 1.86 bits per heavy atom. The van der Waals surface area contributed by atoms with Crippen molar-refractivity contribution in [2.24, 2.45) is 0 Å². The molecule has 8 heteroatoms. The molecule has 0 atom stereocenters. The largest absolute Gasteiger partial charge is 0.369 e. The summed E-state index contributed by atoms with van der Waals surface area (Å²) in [4.78, 5) is 31.4. The third-order valence-electron chi connectivity index (χ3n) is 4.91. The van der Waals surface area contributed by atoms with Gasteiger partial charge in [-0.15, -0.1) is 0 Å². The van der Waals surface area contributed by atoms with Crippen LogP contribution in [0.5, 0.6) is 0 Å². The standard InChI is InChI=1S/C21H19F2N3O3/c1-13-24-18-5-3-2-4-17(18)21(28)26(13)15-8-6-14(7-9-15)20(27)25-10-16(11-25)29-12-19(22)23/h2-9,16,19H,10-12H2,1H3. The molecule has 0 saturated carbocycles. The van der Waals surface area contributed by atoms with E-state index in [9.17, 15) is 18.4 Å². The van der Waals surface area contributed by atoms with E-state index >= 15 is 0 Å². The minimum Gasteiger partial charge on any atom is -0.369 e. The summed E-state index contributed by atoms with van der Waals surface area (Å²) in [5, 5.41) is 0.522.